The molecule has 5 nitrogen and oxygen atoms in total. The number of hydrogen-bond donors (Lipinski definition) is 3. The van der Waals surface area contributed by atoms with Crippen LogP contribution >= 0.6 is 12.4 Å². The van der Waals surface area contributed by atoms with Crippen LogP contribution < -0.4 is 10.6 Å². The highest BCUT2D eigenvalue weighted by molar-refractivity contribution is 5.94. The molecule has 0 fully saturated rings. The van der Waals surface area contributed by atoms with Crippen LogP contribution in [0.1, 0.15) is 71.3 Å². The Balaban J connectivity index is 0.00000616. The van der Waals surface area contributed by atoms with Gasteiger partial charge in [0, 0.05) is 31.3 Å². The molecule has 3 aromatic rings. The highest BCUT2D eigenvalue weighted by Crippen LogP contribution is 2.16. The summed E-state index contributed by atoms with van der Waals surface area (Å²) in [6.07, 6.45) is 3.50. The number of aliphatic hydroxyl groups excluding tert-OH is 1. The van der Waals surface area contributed by atoms with E-state index in [1.807, 2.05) is 31.2 Å². The molecule has 3 N–H and O–H groups in total. The molecule has 1 amide bonds. The van der Waals surface area contributed by atoms with Gasteiger partial charge in [-0.25, -0.2) is 8.78 Å². The van der Waals surface area contributed by atoms with E-state index in [-0.39, 0.29) is 31.3 Å². The van der Waals surface area contributed by atoms with Crippen LogP contribution in [0.5, 0.6) is 0 Å². The van der Waals surface area contributed by atoms with Crippen molar-refractivity contribution in [3.05, 3.63) is 106 Å². The molecule has 230 valence electrons. The lowest BCUT2D eigenvalue weighted by atomic mass is 9.99. The van der Waals surface area contributed by atoms with E-state index in [2.05, 4.69) is 54.6 Å². The number of unbranched alkanes of at least 4 members (excludes halogenated alkanes) is 2. The van der Waals surface area contributed by atoms with E-state index in [0.29, 0.717) is 17.7 Å². The Bertz CT molecular complexity index is 1250. The average Bonchev–Trinajstić information content (AvgIpc) is 2.92. The number of carbonyl (C=O) groups excluding carboxylic acids is 1. The molecular weight excluding hydrogens is 556 g/mol. The summed E-state index contributed by atoms with van der Waals surface area (Å²) in [4.78, 5) is 15.7. The molecule has 0 aliphatic heterocycles. The van der Waals surface area contributed by atoms with Gasteiger partial charge in [0.25, 0.3) is 5.91 Å². The number of aliphatic hydroxyl groups is 1. The molecule has 0 spiro atoms. The van der Waals surface area contributed by atoms with Crippen LogP contribution in [0.3, 0.4) is 0 Å². The zero-order valence-corrected chi connectivity index (χ0v) is 26.1. The second kappa shape index (κ2) is 18.0. The average molecular weight is 602 g/mol. The Morgan fingerprint density at radius 2 is 1.64 bits per heavy atom. The summed E-state index contributed by atoms with van der Waals surface area (Å²) < 4.78 is 27.9. The van der Waals surface area contributed by atoms with E-state index < -0.39 is 23.8 Å². The molecule has 0 heterocycles. The third-order valence-corrected chi connectivity index (χ3v) is 7.24. The van der Waals surface area contributed by atoms with Crippen molar-refractivity contribution in [2.24, 2.45) is 0 Å². The number of halogens is 3. The zero-order valence-electron chi connectivity index (χ0n) is 25.3. The van der Waals surface area contributed by atoms with Crippen LogP contribution in [0.4, 0.5) is 8.78 Å². The molecule has 0 bridgehead atoms. The predicted molar refractivity (Wildman–Crippen MR) is 169 cm³/mol. The maximum absolute atomic E-state index is 13.9. The Kier molecular flexibility index (Phi) is 15.1. The maximum atomic E-state index is 13.9. The van der Waals surface area contributed by atoms with Crippen molar-refractivity contribution in [1.29, 1.82) is 0 Å². The number of carbonyl (C=O) groups is 1. The van der Waals surface area contributed by atoms with Crippen LogP contribution in [0, 0.1) is 18.6 Å². The van der Waals surface area contributed by atoms with Crippen LogP contribution in [0.2, 0.25) is 0 Å². The minimum absolute atomic E-state index is 0. The summed E-state index contributed by atoms with van der Waals surface area (Å²) in [6.45, 7) is 8.69. The van der Waals surface area contributed by atoms with Gasteiger partial charge in [-0.05, 0) is 86.3 Å². The summed E-state index contributed by atoms with van der Waals surface area (Å²) in [5.41, 5.74) is 5.18. The Hall–Kier alpha value is -2.84. The maximum Gasteiger partial charge on any atom is 0.251 e. The molecule has 42 heavy (non-hydrogen) atoms. The highest BCUT2D eigenvalue weighted by Gasteiger charge is 2.23. The molecule has 0 aromatic heterocycles. The second-order valence-corrected chi connectivity index (χ2v) is 11.1. The van der Waals surface area contributed by atoms with Gasteiger partial charge in [0.05, 0.1) is 12.1 Å². The fraction of sp³-hybridized carbons (Fsp3) is 0.441. The Morgan fingerprint density at radius 3 is 2.33 bits per heavy atom. The fourth-order valence-electron chi connectivity index (χ4n) is 5.09. The first-order valence-electron chi connectivity index (χ1n) is 14.7. The van der Waals surface area contributed by atoms with E-state index in [1.165, 1.54) is 30.5 Å². The largest absolute Gasteiger partial charge is 0.390 e. The Morgan fingerprint density at radius 1 is 0.929 bits per heavy atom. The molecule has 3 rings (SSSR count). The molecule has 2 atom stereocenters. The van der Waals surface area contributed by atoms with Gasteiger partial charge in [0.1, 0.15) is 11.6 Å². The van der Waals surface area contributed by atoms with Gasteiger partial charge < -0.3 is 20.6 Å². The molecule has 0 radical (unpaired) electrons. The van der Waals surface area contributed by atoms with Crippen molar-refractivity contribution in [3.63, 3.8) is 0 Å². The molecule has 3 aromatic carbocycles. The van der Waals surface area contributed by atoms with Crippen LogP contribution in [0.25, 0.3) is 0 Å². The number of hydrogen-bond acceptors (Lipinski definition) is 4. The molecule has 0 aliphatic rings. The SMILES string of the molecule is CCCCCN(C)Cc1cc(C)cc(C(=O)N[C@@H](Cc2cc(F)cc(F)c2)[C@@H](O)CNCc2cccc(CC)c2)c1.Cl. The summed E-state index contributed by atoms with van der Waals surface area (Å²) in [5, 5.41) is 17.4. The first kappa shape index (κ1) is 35.4. The van der Waals surface area contributed by atoms with Gasteiger partial charge in [0.2, 0.25) is 0 Å². The lowest BCUT2D eigenvalue weighted by Gasteiger charge is -2.25. The van der Waals surface area contributed by atoms with E-state index >= 15 is 0 Å². The van der Waals surface area contributed by atoms with Crippen molar-refractivity contribution < 1.29 is 18.7 Å². The molecule has 0 aliphatic carbocycles. The second-order valence-electron chi connectivity index (χ2n) is 11.1. The van der Waals surface area contributed by atoms with Crippen LogP contribution in [-0.4, -0.2) is 48.2 Å². The first-order chi connectivity index (χ1) is 19.7. The normalized spacial score (nSPS) is 12.6. The van der Waals surface area contributed by atoms with E-state index in [4.69, 9.17) is 0 Å². The van der Waals surface area contributed by atoms with Gasteiger partial charge >= 0.3 is 0 Å². The van der Waals surface area contributed by atoms with Gasteiger partial charge in [-0.1, -0.05) is 62.6 Å². The lowest BCUT2D eigenvalue weighted by molar-refractivity contribution is 0.0829. The number of nitrogens with one attached hydrogen (secondary N) is 2. The van der Waals surface area contributed by atoms with Gasteiger partial charge in [0.15, 0.2) is 0 Å². The number of nitrogens with zero attached hydrogens (tertiary/aromatic N) is 1. The molecule has 8 heteroatoms. The molecule has 0 saturated heterocycles. The van der Waals surface area contributed by atoms with Crippen molar-refractivity contribution in [2.45, 2.75) is 78.1 Å². The van der Waals surface area contributed by atoms with Gasteiger partial charge in [-0.15, -0.1) is 12.4 Å². The fourth-order valence-corrected chi connectivity index (χ4v) is 5.09. The highest BCUT2D eigenvalue weighted by atomic mass is 35.5. The number of rotatable bonds is 16. The van der Waals surface area contributed by atoms with Crippen molar-refractivity contribution in [3.8, 4) is 0 Å². The Labute approximate surface area is 256 Å². The van der Waals surface area contributed by atoms with Crippen LogP contribution in [-0.2, 0) is 25.9 Å². The summed E-state index contributed by atoms with van der Waals surface area (Å²) in [5.74, 6) is -1.72. The minimum Gasteiger partial charge on any atom is -0.390 e. The monoisotopic (exact) mass is 601 g/mol. The standard InChI is InChI=1S/C34H45F2N3O2.ClH/c1-5-7-8-12-39(4)23-28-13-24(3)14-29(16-28)34(41)38-32(19-27-17-30(35)20-31(36)18-27)33(40)22-37-21-26-11-9-10-25(6-2)15-26;/h9-11,13-18,20,32-33,37,40H,5-8,12,19,21-23H2,1-4H3,(H,38,41);1H/t32-,33-;/m0./s1. The summed E-state index contributed by atoms with van der Waals surface area (Å²) >= 11 is 0. The van der Waals surface area contributed by atoms with Crippen molar-refractivity contribution >= 4 is 18.3 Å². The number of aryl methyl sites for hydroxylation is 2. The van der Waals surface area contributed by atoms with Crippen molar-refractivity contribution in [1.82, 2.24) is 15.5 Å². The number of amides is 1. The topological polar surface area (TPSA) is 64.6 Å². The molecular formula is C34H46ClF2N3O2. The van der Waals surface area contributed by atoms with Gasteiger partial charge in [-0.2, -0.15) is 0 Å². The van der Waals surface area contributed by atoms with Gasteiger partial charge in [-0.3, -0.25) is 4.79 Å². The first-order valence-corrected chi connectivity index (χ1v) is 14.7. The van der Waals surface area contributed by atoms with E-state index in [1.54, 1.807) is 0 Å². The smallest absolute Gasteiger partial charge is 0.251 e. The van der Waals surface area contributed by atoms with E-state index in [0.717, 1.165) is 48.7 Å². The third kappa shape index (κ3) is 11.8. The predicted octanol–water partition coefficient (Wildman–Crippen LogP) is 6.37. The van der Waals surface area contributed by atoms with E-state index in [9.17, 15) is 18.7 Å². The summed E-state index contributed by atoms with van der Waals surface area (Å²) in [6, 6.07) is 16.5. The quantitative estimate of drug-likeness (QED) is 0.167. The lowest BCUT2D eigenvalue weighted by Crippen LogP contribution is -2.48. The molecule has 0 unspecified atom stereocenters. The summed E-state index contributed by atoms with van der Waals surface area (Å²) in [7, 11) is 2.08. The molecule has 0 saturated carbocycles. The number of benzene rings is 3. The minimum atomic E-state index is -0.992. The van der Waals surface area contributed by atoms with Crippen LogP contribution in [0.15, 0.2) is 60.7 Å². The third-order valence-electron chi connectivity index (χ3n) is 7.24. The zero-order chi connectivity index (χ0) is 29.8. The van der Waals surface area contributed by atoms with Crippen molar-refractivity contribution in [2.75, 3.05) is 20.1 Å².